The summed E-state index contributed by atoms with van der Waals surface area (Å²) in [6.45, 7) is 1.54. The fourth-order valence-corrected chi connectivity index (χ4v) is 3.69. The standard InChI is InChI=1S/C24H18F3NO3/c1-14-18(19-11-16(25)6-9-22(19)28(14)13-24(29)30)10-15-4-2-3-5-23(15)31-17-7-8-20(26)21(27)12-17/h2-9,11-12H,10,13H2,1H3,(H,29,30). The smallest absolute Gasteiger partial charge is 0.323 e. The van der Waals surface area contributed by atoms with Crippen LogP contribution in [0, 0.1) is 24.4 Å². The van der Waals surface area contributed by atoms with Gasteiger partial charge in [-0.2, -0.15) is 0 Å². The van der Waals surface area contributed by atoms with Crippen molar-refractivity contribution in [2.45, 2.75) is 19.9 Å². The largest absolute Gasteiger partial charge is 0.480 e. The quantitative estimate of drug-likeness (QED) is 0.423. The number of aromatic nitrogens is 1. The number of ether oxygens (including phenoxy) is 1. The predicted molar refractivity (Wildman–Crippen MR) is 110 cm³/mol. The van der Waals surface area contributed by atoms with Crippen LogP contribution in [0.3, 0.4) is 0 Å². The van der Waals surface area contributed by atoms with Crippen LogP contribution < -0.4 is 4.74 Å². The summed E-state index contributed by atoms with van der Waals surface area (Å²) < 4.78 is 48.2. The van der Waals surface area contributed by atoms with Crippen molar-refractivity contribution in [2.75, 3.05) is 0 Å². The number of para-hydroxylation sites is 1. The molecular weight excluding hydrogens is 407 g/mol. The average molecular weight is 425 g/mol. The van der Waals surface area contributed by atoms with Gasteiger partial charge in [-0.3, -0.25) is 4.79 Å². The van der Waals surface area contributed by atoms with Crippen LogP contribution in [0.1, 0.15) is 16.8 Å². The van der Waals surface area contributed by atoms with Crippen LogP contribution in [0.2, 0.25) is 0 Å². The fourth-order valence-electron chi connectivity index (χ4n) is 3.69. The third-order valence-corrected chi connectivity index (χ3v) is 5.17. The Hall–Kier alpha value is -3.74. The van der Waals surface area contributed by atoms with Gasteiger partial charge in [-0.15, -0.1) is 0 Å². The van der Waals surface area contributed by atoms with Gasteiger partial charge in [-0.25, -0.2) is 13.2 Å². The Morgan fingerprint density at radius 2 is 1.77 bits per heavy atom. The molecule has 158 valence electrons. The molecule has 0 aliphatic heterocycles. The molecule has 0 amide bonds. The Bertz CT molecular complexity index is 1300. The maximum absolute atomic E-state index is 14.0. The molecule has 1 N–H and O–H groups in total. The summed E-state index contributed by atoms with van der Waals surface area (Å²) in [5.41, 5.74) is 2.81. The molecular formula is C24H18F3NO3. The Kier molecular flexibility index (Phi) is 5.42. The lowest BCUT2D eigenvalue weighted by Gasteiger charge is -2.12. The number of benzene rings is 3. The topological polar surface area (TPSA) is 51.5 Å². The number of carboxylic acid groups (broad SMARTS) is 1. The maximum atomic E-state index is 14.0. The number of hydrogen-bond donors (Lipinski definition) is 1. The number of halogens is 3. The molecule has 4 nitrogen and oxygen atoms in total. The third-order valence-electron chi connectivity index (χ3n) is 5.17. The van der Waals surface area contributed by atoms with Crippen LogP contribution in [0.5, 0.6) is 11.5 Å². The zero-order chi connectivity index (χ0) is 22.1. The van der Waals surface area contributed by atoms with Crippen molar-refractivity contribution in [3.8, 4) is 11.5 Å². The molecule has 0 aliphatic rings. The number of aliphatic carboxylic acids is 1. The predicted octanol–water partition coefficient (Wildman–Crippen LogP) is 5.83. The highest BCUT2D eigenvalue weighted by Crippen LogP contribution is 2.33. The van der Waals surface area contributed by atoms with E-state index in [2.05, 4.69) is 0 Å². The second kappa shape index (κ2) is 8.18. The van der Waals surface area contributed by atoms with E-state index < -0.39 is 23.4 Å². The highest BCUT2D eigenvalue weighted by atomic mass is 19.2. The lowest BCUT2D eigenvalue weighted by molar-refractivity contribution is -0.137. The van der Waals surface area contributed by atoms with Crippen molar-refractivity contribution in [1.82, 2.24) is 4.57 Å². The Morgan fingerprint density at radius 3 is 2.52 bits per heavy atom. The molecule has 7 heteroatoms. The molecule has 0 fully saturated rings. The highest BCUT2D eigenvalue weighted by molar-refractivity contribution is 5.87. The zero-order valence-electron chi connectivity index (χ0n) is 16.5. The summed E-state index contributed by atoms with van der Waals surface area (Å²) in [5.74, 6) is -2.83. The van der Waals surface area contributed by atoms with Gasteiger partial charge >= 0.3 is 5.97 Å². The molecule has 0 unspecified atom stereocenters. The molecule has 0 aliphatic carbocycles. The van der Waals surface area contributed by atoms with Crippen molar-refractivity contribution in [3.63, 3.8) is 0 Å². The molecule has 0 saturated carbocycles. The molecule has 0 atom stereocenters. The van der Waals surface area contributed by atoms with E-state index >= 15 is 0 Å². The Morgan fingerprint density at radius 1 is 1.00 bits per heavy atom. The minimum atomic E-state index is -1.02. The van der Waals surface area contributed by atoms with Gasteiger partial charge in [-0.05, 0) is 54.4 Å². The lowest BCUT2D eigenvalue weighted by Crippen LogP contribution is -2.10. The number of nitrogens with zero attached hydrogens (tertiary/aromatic N) is 1. The molecule has 0 radical (unpaired) electrons. The minimum absolute atomic E-state index is 0.141. The second-order valence-corrected chi connectivity index (χ2v) is 7.17. The third kappa shape index (κ3) is 4.12. The summed E-state index contributed by atoms with van der Waals surface area (Å²) in [6, 6.07) is 14.6. The summed E-state index contributed by atoms with van der Waals surface area (Å²) in [4.78, 5) is 11.3. The number of rotatable bonds is 6. The van der Waals surface area contributed by atoms with Gasteiger partial charge in [0.15, 0.2) is 11.6 Å². The van der Waals surface area contributed by atoms with Crippen molar-refractivity contribution >= 4 is 16.9 Å². The molecule has 0 saturated heterocycles. The monoisotopic (exact) mass is 425 g/mol. The van der Waals surface area contributed by atoms with Gasteiger partial charge in [0.25, 0.3) is 0 Å². The summed E-state index contributed by atoms with van der Waals surface area (Å²) in [5, 5.41) is 9.89. The Labute approximate surface area is 176 Å². The summed E-state index contributed by atoms with van der Waals surface area (Å²) in [7, 11) is 0. The van der Waals surface area contributed by atoms with Crippen molar-refractivity contribution in [1.29, 1.82) is 0 Å². The van der Waals surface area contributed by atoms with E-state index in [0.29, 0.717) is 28.8 Å². The van der Waals surface area contributed by atoms with Crippen molar-refractivity contribution in [2.24, 2.45) is 0 Å². The fraction of sp³-hybridized carbons (Fsp3) is 0.125. The van der Waals surface area contributed by atoms with Gasteiger partial charge in [-0.1, -0.05) is 18.2 Å². The lowest BCUT2D eigenvalue weighted by atomic mass is 10.0. The van der Waals surface area contributed by atoms with E-state index in [4.69, 9.17) is 4.74 Å². The summed E-state index contributed by atoms with van der Waals surface area (Å²) in [6.07, 6.45) is 0.332. The molecule has 3 aromatic carbocycles. The van der Waals surface area contributed by atoms with Gasteiger partial charge in [0.05, 0.1) is 0 Å². The van der Waals surface area contributed by atoms with Gasteiger partial charge in [0.2, 0.25) is 0 Å². The number of carboxylic acids is 1. The molecule has 4 aromatic rings. The van der Waals surface area contributed by atoms with Crippen LogP contribution in [-0.4, -0.2) is 15.6 Å². The normalized spacial score (nSPS) is 11.1. The molecule has 0 bridgehead atoms. The van der Waals surface area contributed by atoms with E-state index in [1.54, 1.807) is 35.8 Å². The number of fused-ring (bicyclic) bond motifs is 1. The number of hydrogen-bond acceptors (Lipinski definition) is 2. The molecule has 1 aromatic heterocycles. The van der Waals surface area contributed by atoms with E-state index in [0.717, 1.165) is 23.3 Å². The van der Waals surface area contributed by atoms with Crippen LogP contribution in [-0.2, 0) is 17.8 Å². The van der Waals surface area contributed by atoms with Gasteiger partial charge < -0.3 is 14.4 Å². The average Bonchev–Trinajstić information content (AvgIpc) is 2.97. The van der Waals surface area contributed by atoms with Crippen LogP contribution >= 0.6 is 0 Å². The van der Waals surface area contributed by atoms with Crippen LogP contribution in [0.25, 0.3) is 10.9 Å². The van der Waals surface area contributed by atoms with Crippen LogP contribution in [0.15, 0.2) is 60.7 Å². The van der Waals surface area contributed by atoms with Crippen LogP contribution in [0.4, 0.5) is 13.2 Å². The highest BCUT2D eigenvalue weighted by Gasteiger charge is 2.18. The SMILES string of the molecule is Cc1c(Cc2ccccc2Oc2ccc(F)c(F)c2)c2cc(F)ccc2n1CC(=O)O. The minimum Gasteiger partial charge on any atom is -0.480 e. The molecule has 31 heavy (non-hydrogen) atoms. The van der Waals surface area contributed by atoms with E-state index in [9.17, 15) is 23.1 Å². The van der Waals surface area contributed by atoms with Gasteiger partial charge in [0.1, 0.15) is 23.9 Å². The summed E-state index contributed by atoms with van der Waals surface area (Å²) >= 11 is 0. The van der Waals surface area contributed by atoms with Crippen molar-refractivity contribution < 1.29 is 27.8 Å². The molecule has 0 spiro atoms. The van der Waals surface area contributed by atoms with E-state index in [-0.39, 0.29) is 12.3 Å². The zero-order valence-corrected chi connectivity index (χ0v) is 16.5. The first-order valence-electron chi connectivity index (χ1n) is 9.53. The maximum Gasteiger partial charge on any atom is 0.323 e. The van der Waals surface area contributed by atoms with E-state index in [1.165, 1.54) is 18.2 Å². The number of carbonyl (C=O) groups is 1. The van der Waals surface area contributed by atoms with Crippen molar-refractivity contribution in [3.05, 3.63) is 94.9 Å². The first-order valence-corrected chi connectivity index (χ1v) is 9.53. The first-order chi connectivity index (χ1) is 14.8. The van der Waals surface area contributed by atoms with E-state index in [1.807, 2.05) is 6.07 Å². The van der Waals surface area contributed by atoms with Gasteiger partial charge in [0, 0.05) is 29.1 Å². The Balaban J connectivity index is 1.76. The second-order valence-electron chi connectivity index (χ2n) is 7.17. The molecule has 4 rings (SSSR count). The molecule has 1 heterocycles. The first kappa shape index (κ1) is 20.5.